The molecule has 7 heteroatoms. The summed E-state index contributed by atoms with van der Waals surface area (Å²) in [5, 5.41) is 12.1. The van der Waals surface area contributed by atoms with E-state index in [2.05, 4.69) is 17.1 Å². The summed E-state index contributed by atoms with van der Waals surface area (Å²) in [6.07, 6.45) is 5.95. The summed E-state index contributed by atoms with van der Waals surface area (Å²) in [5.74, 6) is -0.0386. The molecule has 1 aromatic rings. The number of imidazole rings is 1. The van der Waals surface area contributed by atoms with Gasteiger partial charge in [0.1, 0.15) is 5.82 Å². The highest BCUT2D eigenvalue weighted by Crippen LogP contribution is 2.13. The van der Waals surface area contributed by atoms with Crippen molar-refractivity contribution in [1.29, 1.82) is 0 Å². The standard InChI is InChI=1S/C12H17N5O2/c1-4-11-13-9(6-16(11)5-2)7-17-8-10(12(18)19)15(3)14-17/h5-6,8,14H,2,4,7H2,1,3H3,(H,18,19). The summed E-state index contributed by atoms with van der Waals surface area (Å²) in [6.45, 7) is 6.23. The molecule has 0 saturated heterocycles. The van der Waals surface area contributed by atoms with Gasteiger partial charge in [0.05, 0.1) is 18.4 Å². The van der Waals surface area contributed by atoms with Crippen molar-refractivity contribution in [3.63, 3.8) is 0 Å². The molecule has 1 aliphatic rings. The van der Waals surface area contributed by atoms with Crippen molar-refractivity contribution >= 4 is 12.2 Å². The lowest BCUT2D eigenvalue weighted by Crippen LogP contribution is -2.38. The molecule has 0 amide bonds. The predicted molar refractivity (Wildman–Crippen MR) is 70.2 cm³/mol. The molecule has 0 spiro atoms. The van der Waals surface area contributed by atoms with Crippen LogP contribution < -0.4 is 5.53 Å². The Balaban J connectivity index is 2.12. The lowest BCUT2D eigenvalue weighted by Gasteiger charge is -2.18. The Morgan fingerprint density at radius 2 is 2.37 bits per heavy atom. The molecule has 1 aromatic heterocycles. The van der Waals surface area contributed by atoms with Gasteiger partial charge in [-0.2, -0.15) is 0 Å². The topological polar surface area (TPSA) is 73.6 Å². The van der Waals surface area contributed by atoms with E-state index in [4.69, 9.17) is 5.11 Å². The van der Waals surface area contributed by atoms with Gasteiger partial charge in [0.25, 0.3) is 0 Å². The average molecular weight is 263 g/mol. The first-order valence-electron chi connectivity index (χ1n) is 5.96. The molecule has 0 radical (unpaired) electrons. The zero-order valence-corrected chi connectivity index (χ0v) is 11.0. The second kappa shape index (κ2) is 5.15. The monoisotopic (exact) mass is 263 g/mol. The molecule has 19 heavy (non-hydrogen) atoms. The van der Waals surface area contributed by atoms with Crippen LogP contribution in [0.2, 0.25) is 0 Å². The number of nitrogens with one attached hydrogen (secondary N) is 1. The van der Waals surface area contributed by atoms with Gasteiger partial charge in [0.15, 0.2) is 5.70 Å². The molecule has 7 nitrogen and oxygen atoms in total. The number of hydrogen-bond acceptors (Lipinski definition) is 5. The molecule has 0 fully saturated rings. The number of carboxylic acid groups (broad SMARTS) is 1. The lowest BCUT2D eigenvalue weighted by molar-refractivity contribution is -0.134. The predicted octanol–water partition coefficient (Wildman–Crippen LogP) is 0.639. The van der Waals surface area contributed by atoms with Gasteiger partial charge in [-0.05, 0) is 0 Å². The molecule has 2 heterocycles. The Hall–Kier alpha value is -2.28. The number of carboxylic acids is 1. The van der Waals surface area contributed by atoms with Gasteiger partial charge >= 0.3 is 5.97 Å². The number of hydrazine groups is 2. The number of carbonyl (C=O) groups is 1. The number of nitrogens with zero attached hydrogens (tertiary/aromatic N) is 4. The third kappa shape index (κ3) is 2.60. The Kier molecular flexibility index (Phi) is 3.57. The van der Waals surface area contributed by atoms with Gasteiger partial charge in [-0.25, -0.2) is 9.78 Å². The van der Waals surface area contributed by atoms with E-state index >= 15 is 0 Å². The zero-order chi connectivity index (χ0) is 14.0. The van der Waals surface area contributed by atoms with Crippen molar-refractivity contribution in [3.8, 4) is 0 Å². The number of likely N-dealkylation sites (N-methyl/N-ethyl adjacent to an activating group) is 1. The minimum atomic E-state index is -0.969. The van der Waals surface area contributed by atoms with Gasteiger partial charge in [0.2, 0.25) is 0 Å². The second-order valence-electron chi connectivity index (χ2n) is 4.20. The molecular weight excluding hydrogens is 246 g/mol. The van der Waals surface area contributed by atoms with E-state index in [-0.39, 0.29) is 5.70 Å². The molecule has 2 N–H and O–H groups in total. The molecule has 0 atom stereocenters. The minimum absolute atomic E-state index is 0.193. The normalized spacial score (nSPS) is 14.7. The molecule has 102 valence electrons. The van der Waals surface area contributed by atoms with Crippen LogP contribution >= 0.6 is 0 Å². The van der Waals surface area contributed by atoms with Crippen molar-refractivity contribution < 1.29 is 9.90 Å². The SMILES string of the molecule is C=Cn1cc(CN2C=C(C(=O)O)N(C)N2)nc1CC. The second-order valence-corrected chi connectivity index (χ2v) is 4.20. The van der Waals surface area contributed by atoms with Crippen LogP contribution in [-0.2, 0) is 17.8 Å². The minimum Gasteiger partial charge on any atom is -0.476 e. The quantitative estimate of drug-likeness (QED) is 0.812. The van der Waals surface area contributed by atoms with Crippen LogP contribution in [-0.4, -0.2) is 37.7 Å². The van der Waals surface area contributed by atoms with E-state index in [9.17, 15) is 4.79 Å². The van der Waals surface area contributed by atoms with Crippen LogP contribution in [0.25, 0.3) is 6.20 Å². The first-order valence-corrected chi connectivity index (χ1v) is 5.96. The number of aryl methyl sites for hydroxylation is 1. The molecule has 0 aromatic carbocycles. The largest absolute Gasteiger partial charge is 0.476 e. The van der Waals surface area contributed by atoms with Crippen molar-refractivity contribution in [2.75, 3.05) is 7.05 Å². The fourth-order valence-corrected chi connectivity index (χ4v) is 1.95. The number of aromatic nitrogens is 2. The molecule has 1 aliphatic heterocycles. The van der Waals surface area contributed by atoms with Crippen LogP contribution in [0.4, 0.5) is 0 Å². The van der Waals surface area contributed by atoms with Gasteiger partial charge in [0, 0.05) is 25.9 Å². The molecule has 0 saturated carbocycles. The summed E-state index contributed by atoms with van der Waals surface area (Å²) in [4.78, 5) is 15.4. The number of aliphatic carboxylic acids is 1. The maximum absolute atomic E-state index is 11.0. The number of rotatable bonds is 5. The maximum Gasteiger partial charge on any atom is 0.355 e. The summed E-state index contributed by atoms with van der Waals surface area (Å²) in [7, 11) is 1.65. The highest BCUT2D eigenvalue weighted by molar-refractivity contribution is 5.85. The van der Waals surface area contributed by atoms with Crippen LogP contribution in [0.1, 0.15) is 18.4 Å². The average Bonchev–Trinajstić information content (AvgIpc) is 2.92. The van der Waals surface area contributed by atoms with E-state index in [0.717, 1.165) is 17.9 Å². The summed E-state index contributed by atoms with van der Waals surface area (Å²) in [5.41, 5.74) is 3.96. The third-order valence-electron chi connectivity index (χ3n) is 2.84. The van der Waals surface area contributed by atoms with Crippen molar-refractivity contribution in [2.45, 2.75) is 19.9 Å². The first-order chi connectivity index (χ1) is 9.05. The van der Waals surface area contributed by atoms with E-state index < -0.39 is 5.97 Å². The molecule has 0 aliphatic carbocycles. The fourth-order valence-electron chi connectivity index (χ4n) is 1.95. The van der Waals surface area contributed by atoms with Gasteiger partial charge < -0.3 is 9.67 Å². The Labute approximate surface area is 111 Å². The van der Waals surface area contributed by atoms with Crippen molar-refractivity contribution in [1.82, 2.24) is 25.1 Å². The smallest absolute Gasteiger partial charge is 0.355 e. The lowest BCUT2D eigenvalue weighted by atomic mass is 10.4. The van der Waals surface area contributed by atoms with E-state index in [0.29, 0.717) is 6.54 Å². The summed E-state index contributed by atoms with van der Waals surface area (Å²) < 4.78 is 1.87. The fraction of sp³-hybridized carbons (Fsp3) is 0.333. The summed E-state index contributed by atoms with van der Waals surface area (Å²) >= 11 is 0. The van der Waals surface area contributed by atoms with Gasteiger partial charge in [-0.3, -0.25) is 10.0 Å². The number of hydrogen-bond donors (Lipinski definition) is 2. The van der Waals surface area contributed by atoms with Gasteiger partial charge in [-0.1, -0.05) is 13.5 Å². The highest BCUT2D eigenvalue weighted by atomic mass is 16.4. The van der Waals surface area contributed by atoms with Crippen molar-refractivity contribution in [3.05, 3.63) is 36.2 Å². The molecule has 0 bridgehead atoms. The van der Waals surface area contributed by atoms with Crippen LogP contribution in [0.3, 0.4) is 0 Å². The molecule has 2 rings (SSSR count). The Bertz CT molecular complexity index is 534. The highest BCUT2D eigenvalue weighted by Gasteiger charge is 2.23. The van der Waals surface area contributed by atoms with Crippen LogP contribution in [0.15, 0.2) is 24.7 Å². The zero-order valence-electron chi connectivity index (χ0n) is 11.0. The van der Waals surface area contributed by atoms with Crippen LogP contribution in [0, 0.1) is 0 Å². The third-order valence-corrected chi connectivity index (χ3v) is 2.84. The van der Waals surface area contributed by atoms with E-state index in [1.54, 1.807) is 24.5 Å². The Morgan fingerprint density at radius 3 is 2.84 bits per heavy atom. The summed E-state index contributed by atoms with van der Waals surface area (Å²) in [6, 6.07) is 0. The first kappa shape index (κ1) is 13.2. The Morgan fingerprint density at radius 1 is 1.63 bits per heavy atom. The van der Waals surface area contributed by atoms with E-state index in [1.165, 1.54) is 5.01 Å². The van der Waals surface area contributed by atoms with Crippen molar-refractivity contribution in [2.24, 2.45) is 0 Å². The molecular formula is C12H17N5O2. The van der Waals surface area contributed by atoms with Crippen LogP contribution in [0.5, 0.6) is 0 Å². The maximum atomic E-state index is 11.0. The van der Waals surface area contributed by atoms with Gasteiger partial charge in [-0.15, -0.1) is 5.53 Å². The van der Waals surface area contributed by atoms with E-state index in [1.807, 2.05) is 17.7 Å². The molecule has 0 unspecified atom stereocenters.